The minimum Gasteiger partial charge on any atom is -0.474 e. The van der Waals surface area contributed by atoms with Gasteiger partial charge >= 0.3 is 5.97 Å². The summed E-state index contributed by atoms with van der Waals surface area (Å²) in [6.07, 6.45) is 0.500. The molecule has 5 heteroatoms. The van der Waals surface area contributed by atoms with E-state index in [0.29, 0.717) is 24.5 Å². The van der Waals surface area contributed by atoms with Gasteiger partial charge in [0, 0.05) is 12.0 Å². The number of para-hydroxylation sites is 1. The van der Waals surface area contributed by atoms with Gasteiger partial charge in [-0.1, -0.05) is 17.3 Å². The molecule has 18 heavy (non-hydrogen) atoms. The van der Waals surface area contributed by atoms with Gasteiger partial charge in [-0.05, 0) is 19.1 Å². The van der Waals surface area contributed by atoms with E-state index in [1.54, 1.807) is 13.0 Å². The number of ether oxygens (including phenoxy) is 2. The van der Waals surface area contributed by atoms with E-state index in [1.807, 2.05) is 18.2 Å². The summed E-state index contributed by atoms with van der Waals surface area (Å²) < 4.78 is 10.8. The summed E-state index contributed by atoms with van der Waals surface area (Å²) >= 11 is 0. The van der Waals surface area contributed by atoms with Gasteiger partial charge in [-0.15, -0.1) is 0 Å². The van der Waals surface area contributed by atoms with Crippen molar-refractivity contribution in [2.75, 3.05) is 6.61 Å². The standard InChI is InChI=1S/C13H13NO4/c1-2-17-12(15)13-7-9(13)11(14-16)8-5-3-4-6-10(8)18-13/h3-6,9,16H,2,7H2,1H3/b14-11-/t9?,13-/m0/s1. The van der Waals surface area contributed by atoms with Crippen molar-refractivity contribution in [2.45, 2.75) is 18.9 Å². The SMILES string of the molecule is CCOC(=O)[C@]12CC1/C(=N\O)c1ccccc1O2. The van der Waals surface area contributed by atoms with Gasteiger partial charge in [0.05, 0.1) is 18.2 Å². The van der Waals surface area contributed by atoms with E-state index < -0.39 is 5.60 Å². The first-order chi connectivity index (χ1) is 8.73. The molecule has 3 rings (SSSR count). The van der Waals surface area contributed by atoms with Crippen molar-refractivity contribution in [1.29, 1.82) is 0 Å². The number of benzene rings is 1. The highest BCUT2D eigenvalue weighted by molar-refractivity contribution is 6.12. The summed E-state index contributed by atoms with van der Waals surface area (Å²) in [6.45, 7) is 2.06. The van der Waals surface area contributed by atoms with Crippen LogP contribution in [0.25, 0.3) is 0 Å². The Kier molecular flexibility index (Phi) is 2.29. The highest BCUT2D eigenvalue weighted by atomic mass is 16.6. The van der Waals surface area contributed by atoms with Crippen molar-refractivity contribution >= 4 is 11.7 Å². The summed E-state index contributed by atoms with van der Waals surface area (Å²) in [5.74, 6) is -0.0331. The molecule has 0 radical (unpaired) electrons. The van der Waals surface area contributed by atoms with E-state index in [1.165, 1.54) is 0 Å². The largest absolute Gasteiger partial charge is 0.474 e. The number of esters is 1. The average molecular weight is 247 g/mol. The monoisotopic (exact) mass is 247 g/mol. The third kappa shape index (κ3) is 1.33. The predicted octanol–water partition coefficient (Wildman–Crippen LogP) is 1.58. The first-order valence-electron chi connectivity index (χ1n) is 5.90. The van der Waals surface area contributed by atoms with Crippen molar-refractivity contribution in [1.82, 2.24) is 0 Å². The van der Waals surface area contributed by atoms with E-state index >= 15 is 0 Å². The van der Waals surface area contributed by atoms with Crippen LogP contribution in [0.2, 0.25) is 0 Å². The highest BCUT2D eigenvalue weighted by Crippen LogP contribution is 2.54. The topological polar surface area (TPSA) is 68.1 Å². The van der Waals surface area contributed by atoms with Crippen molar-refractivity contribution in [3.8, 4) is 5.75 Å². The summed E-state index contributed by atoms with van der Waals surface area (Å²) in [5, 5.41) is 12.5. The average Bonchev–Trinajstić information content (AvgIpc) is 3.11. The van der Waals surface area contributed by atoms with Crippen LogP contribution in [0.4, 0.5) is 0 Å². The first-order valence-corrected chi connectivity index (χ1v) is 5.90. The number of oxime groups is 1. The van der Waals surface area contributed by atoms with Gasteiger partial charge in [-0.3, -0.25) is 0 Å². The maximum Gasteiger partial charge on any atom is 0.351 e. The van der Waals surface area contributed by atoms with Gasteiger partial charge in [0.25, 0.3) is 0 Å². The number of hydrogen-bond acceptors (Lipinski definition) is 5. The molecule has 1 aromatic carbocycles. The fourth-order valence-corrected chi connectivity index (χ4v) is 2.47. The third-order valence-electron chi connectivity index (χ3n) is 3.42. The molecule has 1 aliphatic carbocycles. The molecule has 0 aromatic heterocycles. The zero-order chi connectivity index (χ0) is 12.8. The Morgan fingerprint density at radius 2 is 2.39 bits per heavy atom. The van der Waals surface area contributed by atoms with E-state index in [0.717, 1.165) is 5.56 Å². The maximum absolute atomic E-state index is 11.9. The van der Waals surface area contributed by atoms with Crippen LogP contribution in [-0.2, 0) is 9.53 Å². The molecule has 1 N–H and O–H groups in total. The van der Waals surface area contributed by atoms with Crippen LogP contribution in [0.1, 0.15) is 18.9 Å². The number of rotatable bonds is 2. The van der Waals surface area contributed by atoms with E-state index in [4.69, 9.17) is 14.7 Å². The number of nitrogens with zero attached hydrogens (tertiary/aromatic N) is 1. The zero-order valence-corrected chi connectivity index (χ0v) is 9.92. The Labute approximate surface area is 104 Å². The fourth-order valence-electron chi connectivity index (χ4n) is 2.47. The van der Waals surface area contributed by atoms with E-state index in [9.17, 15) is 4.79 Å². The molecule has 0 amide bonds. The Morgan fingerprint density at radius 3 is 3.11 bits per heavy atom. The second-order valence-electron chi connectivity index (χ2n) is 4.45. The van der Waals surface area contributed by atoms with Crippen LogP contribution in [-0.4, -0.2) is 29.1 Å². The van der Waals surface area contributed by atoms with Crippen molar-refractivity contribution in [2.24, 2.45) is 11.1 Å². The molecule has 5 nitrogen and oxygen atoms in total. The van der Waals surface area contributed by atoms with Gasteiger partial charge < -0.3 is 14.7 Å². The number of carbonyl (C=O) groups is 1. The molecular formula is C13H13NO4. The van der Waals surface area contributed by atoms with Crippen LogP contribution in [0.3, 0.4) is 0 Å². The lowest BCUT2D eigenvalue weighted by Crippen LogP contribution is -2.39. The summed E-state index contributed by atoms with van der Waals surface area (Å²) in [6, 6.07) is 7.23. The normalized spacial score (nSPS) is 30.1. The second-order valence-corrected chi connectivity index (χ2v) is 4.45. The van der Waals surface area contributed by atoms with Crippen LogP contribution in [0, 0.1) is 5.92 Å². The molecule has 1 heterocycles. The lowest BCUT2D eigenvalue weighted by molar-refractivity contribution is -0.154. The predicted molar refractivity (Wildman–Crippen MR) is 62.9 cm³/mol. The molecule has 1 saturated carbocycles. The summed E-state index contributed by atoms with van der Waals surface area (Å²) in [7, 11) is 0. The Bertz CT molecular complexity index is 540. The van der Waals surface area contributed by atoms with Crippen LogP contribution in [0.5, 0.6) is 5.75 Å². The molecular weight excluding hydrogens is 234 g/mol. The quantitative estimate of drug-likeness (QED) is 0.489. The minimum atomic E-state index is -0.980. The number of carbonyl (C=O) groups excluding carboxylic acids is 1. The zero-order valence-electron chi connectivity index (χ0n) is 9.92. The van der Waals surface area contributed by atoms with Crippen molar-refractivity contribution < 1.29 is 19.5 Å². The van der Waals surface area contributed by atoms with Gasteiger partial charge in [-0.2, -0.15) is 0 Å². The fraction of sp³-hybridized carbons (Fsp3) is 0.385. The lowest BCUT2D eigenvalue weighted by atomic mass is 10.00. The smallest absolute Gasteiger partial charge is 0.351 e. The van der Waals surface area contributed by atoms with Crippen LogP contribution >= 0.6 is 0 Å². The molecule has 1 aromatic rings. The lowest BCUT2D eigenvalue weighted by Gasteiger charge is -2.24. The Hall–Kier alpha value is -2.04. The first kappa shape index (κ1) is 11.1. The van der Waals surface area contributed by atoms with Gasteiger partial charge in [0.1, 0.15) is 5.75 Å². The second kappa shape index (κ2) is 3.73. The van der Waals surface area contributed by atoms with Gasteiger partial charge in [-0.25, -0.2) is 4.79 Å². The van der Waals surface area contributed by atoms with Crippen molar-refractivity contribution in [3.05, 3.63) is 29.8 Å². The highest BCUT2D eigenvalue weighted by Gasteiger charge is 2.69. The summed E-state index contributed by atoms with van der Waals surface area (Å²) in [5.41, 5.74) is 0.263. The minimum absolute atomic E-state index is 0.212. The summed E-state index contributed by atoms with van der Waals surface area (Å²) in [4.78, 5) is 11.9. The molecule has 1 unspecified atom stereocenters. The number of fused-ring (bicyclic) bond motifs is 2. The molecule has 0 saturated heterocycles. The van der Waals surface area contributed by atoms with Crippen LogP contribution in [0.15, 0.2) is 29.4 Å². The van der Waals surface area contributed by atoms with E-state index in [-0.39, 0.29) is 11.9 Å². The Balaban J connectivity index is 2.01. The van der Waals surface area contributed by atoms with Gasteiger partial charge in [0.2, 0.25) is 5.60 Å². The molecule has 1 aliphatic heterocycles. The molecule has 0 bridgehead atoms. The van der Waals surface area contributed by atoms with Crippen molar-refractivity contribution in [3.63, 3.8) is 0 Å². The third-order valence-corrected chi connectivity index (χ3v) is 3.42. The number of hydrogen-bond donors (Lipinski definition) is 1. The Morgan fingerprint density at radius 1 is 1.61 bits per heavy atom. The molecule has 1 fully saturated rings. The molecule has 2 aliphatic rings. The molecule has 2 atom stereocenters. The van der Waals surface area contributed by atoms with Crippen LogP contribution < -0.4 is 4.74 Å². The van der Waals surface area contributed by atoms with Gasteiger partial charge in [0.15, 0.2) is 0 Å². The maximum atomic E-state index is 11.9. The van der Waals surface area contributed by atoms with E-state index in [2.05, 4.69) is 5.16 Å². The molecule has 0 spiro atoms. The molecule has 94 valence electrons.